The third-order valence-electron chi connectivity index (χ3n) is 2.90. The molecule has 5 heteroatoms. The quantitative estimate of drug-likeness (QED) is 0.852. The maximum atomic E-state index is 12.1. The molecule has 2 rings (SSSR count). The lowest BCUT2D eigenvalue weighted by Crippen LogP contribution is -2.23. The zero-order chi connectivity index (χ0) is 13.7. The molecule has 0 aliphatic rings. The van der Waals surface area contributed by atoms with Gasteiger partial charge in [0.15, 0.2) is 0 Å². The van der Waals surface area contributed by atoms with Crippen molar-refractivity contribution in [2.24, 2.45) is 0 Å². The molecule has 0 aliphatic heterocycles. The minimum atomic E-state index is -3.43. The van der Waals surface area contributed by atoms with E-state index in [1.807, 2.05) is 18.2 Å². The molecule has 0 amide bonds. The average molecular weight is 278 g/mol. The zero-order valence-corrected chi connectivity index (χ0v) is 11.7. The zero-order valence-electron chi connectivity index (χ0n) is 10.9. The van der Waals surface area contributed by atoms with Gasteiger partial charge in [-0.2, -0.15) is 0 Å². The van der Waals surface area contributed by atoms with E-state index in [9.17, 15) is 8.42 Å². The van der Waals surface area contributed by atoms with Gasteiger partial charge in [0.2, 0.25) is 10.0 Å². The Bertz CT molecular complexity index is 601. The molecule has 0 fully saturated rings. The number of benzene rings is 1. The largest absolute Gasteiger partial charge is 0.367 e. The first-order chi connectivity index (χ1) is 9.12. The maximum absolute atomic E-state index is 12.1. The molecule has 1 aromatic heterocycles. The van der Waals surface area contributed by atoms with Crippen LogP contribution in [0.2, 0.25) is 0 Å². The standard InChI is InChI=1S/C14H18N2O2S/c1-2-3-12-4-6-14(7-5-12)19(17,18)16-11-13-8-9-15-10-13/h4-10,15-16H,2-3,11H2,1H3. The van der Waals surface area contributed by atoms with E-state index in [4.69, 9.17) is 0 Å². The molecule has 2 aromatic rings. The van der Waals surface area contributed by atoms with Crippen molar-refractivity contribution in [2.45, 2.75) is 31.2 Å². The number of nitrogens with one attached hydrogen (secondary N) is 2. The topological polar surface area (TPSA) is 62.0 Å². The first-order valence-electron chi connectivity index (χ1n) is 6.32. The number of aromatic nitrogens is 1. The summed E-state index contributed by atoms with van der Waals surface area (Å²) < 4.78 is 26.7. The lowest BCUT2D eigenvalue weighted by atomic mass is 10.1. The van der Waals surface area contributed by atoms with Crippen LogP contribution in [-0.2, 0) is 23.0 Å². The third-order valence-corrected chi connectivity index (χ3v) is 4.32. The average Bonchev–Trinajstić information content (AvgIpc) is 2.91. The summed E-state index contributed by atoms with van der Waals surface area (Å²) in [4.78, 5) is 3.20. The van der Waals surface area contributed by atoms with Crippen molar-refractivity contribution in [3.8, 4) is 0 Å². The molecule has 0 saturated heterocycles. The minimum absolute atomic E-state index is 0.294. The van der Waals surface area contributed by atoms with E-state index in [1.165, 1.54) is 0 Å². The highest BCUT2D eigenvalue weighted by atomic mass is 32.2. The highest BCUT2D eigenvalue weighted by Gasteiger charge is 2.13. The molecule has 0 unspecified atom stereocenters. The predicted molar refractivity (Wildman–Crippen MR) is 75.3 cm³/mol. The van der Waals surface area contributed by atoms with E-state index >= 15 is 0 Å². The second-order valence-electron chi connectivity index (χ2n) is 4.44. The van der Waals surface area contributed by atoms with Gasteiger partial charge in [-0.3, -0.25) is 0 Å². The molecule has 0 radical (unpaired) electrons. The van der Waals surface area contributed by atoms with Gasteiger partial charge in [0.05, 0.1) is 4.90 Å². The molecule has 1 aromatic carbocycles. The van der Waals surface area contributed by atoms with Gasteiger partial charge < -0.3 is 4.98 Å². The van der Waals surface area contributed by atoms with Gasteiger partial charge in [0.25, 0.3) is 0 Å². The molecule has 4 nitrogen and oxygen atoms in total. The number of aryl methyl sites for hydroxylation is 1. The van der Waals surface area contributed by atoms with Gasteiger partial charge in [-0.15, -0.1) is 0 Å². The van der Waals surface area contributed by atoms with Crippen LogP contribution < -0.4 is 4.72 Å². The number of hydrogen-bond acceptors (Lipinski definition) is 2. The fraction of sp³-hybridized carbons (Fsp3) is 0.286. The fourth-order valence-electron chi connectivity index (χ4n) is 1.85. The fourth-order valence-corrected chi connectivity index (χ4v) is 2.87. The lowest BCUT2D eigenvalue weighted by Gasteiger charge is -2.06. The number of hydrogen-bond donors (Lipinski definition) is 2. The Kier molecular flexibility index (Phi) is 4.39. The summed E-state index contributed by atoms with van der Waals surface area (Å²) in [5.74, 6) is 0. The van der Waals surface area contributed by atoms with Crippen LogP contribution in [0.15, 0.2) is 47.6 Å². The Balaban J connectivity index is 2.06. The van der Waals surface area contributed by atoms with Crippen LogP contribution in [-0.4, -0.2) is 13.4 Å². The second kappa shape index (κ2) is 6.04. The summed E-state index contributed by atoms with van der Waals surface area (Å²) in [6, 6.07) is 8.89. The Morgan fingerprint density at radius 1 is 1.11 bits per heavy atom. The van der Waals surface area contributed by atoms with E-state index in [1.54, 1.807) is 24.5 Å². The highest BCUT2D eigenvalue weighted by Crippen LogP contribution is 2.12. The molecular weight excluding hydrogens is 260 g/mol. The predicted octanol–water partition coefficient (Wildman–Crippen LogP) is 2.45. The summed E-state index contributed by atoms with van der Waals surface area (Å²) in [5, 5.41) is 0. The maximum Gasteiger partial charge on any atom is 0.240 e. The molecule has 0 bridgehead atoms. The van der Waals surface area contributed by atoms with Gasteiger partial charge >= 0.3 is 0 Å². The van der Waals surface area contributed by atoms with Crippen molar-refractivity contribution in [1.29, 1.82) is 0 Å². The van der Waals surface area contributed by atoms with Crippen LogP contribution in [0.4, 0.5) is 0 Å². The summed E-state index contributed by atoms with van der Waals surface area (Å²) in [5.41, 5.74) is 2.07. The van der Waals surface area contributed by atoms with Gasteiger partial charge in [-0.1, -0.05) is 25.5 Å². The molecule has 19 heavy (non-hydrogen) atoms. The van der Waals surface area contributed by atoms with Crippen LogP contribution in [0, 0.1) is 0 Å². The lowest BCUT2D eigenvalue weighted by molar-refractivity contribution is 0.581. The highest BCUT2D eigenvalue weighted by molar-refractivity contribution is 7.89. The second-order valence-corrected chi connectivity index (χ2v) is 6.20. The summed E-state index contributed by atoms with van der Waals surface area (Å²) in [7, 11) is -3.43. The van der Waals surface area contributed by atoms with Crippen molar-refractivity contribution in [3.05, 3.63) is 53.9 Å². The monoisotopic (exact) mass is 278 g/mol. The van der Waals surface area contributed by atoms with Crippen LogP contribution >= 0.6 is 0 Å². The molecule has 0 spiro atoms. The van der Waals surface area contributed by atoms with E-state index in [2.05, 4.69) is 16.6 Å². The van der Waals surface area contributed by atoms with E-state index in [0.29, 0.717) is 11.4 Å². The molecule has 0 atom stereocenters. The minimum Gasteiger partial charge on any atom is -0.367 e. The van der Waals surface area contributed by atoms with E-state index < -0.39 is 10.0 Å². The molecular formula is C14H18N2O2S. The molecule has 102 valence electrons. The number of rotatable bonds is 6. The van der Waals surface area contributed by atoms with Gasteiger partial charge in [-0.05, 0) is 35.7 Å². The Morgan fingerprint density at radius 3 is 2.42 bits per heavy atom. The van der Waals surface area contributed by atoms with Gasteiger partial charge in [0.1, 0.15) is 0 Å². The van der Waals surface area contributed by atoms with Crippen molar-refractivity contribution in [3.63, 3.8) is 0 Å². The number of aromatic amines is 1. The molecule has 0 aliphatic carbocycles. The van der Waals surface area contributed by atoms with Crippen LogP contribution in [0.3, 0.4) is 0 Å². The van der Waals surface area contributed by atoms with E-state index in [-0.39, 0.29) is 0 Å². The van der Waals surface area contributed by atoms with Crippen molar-refractivity contribution in [1.82, 2.24) is 9.71 Å². The Labute approximate surface area is 113 Å². The number of H-pyrrole nitrogens is 1. The summed E-state index contributed by atoms with van der Waals surface area (Å²) >= 11 is 0. The van der Waals surface area contributed by atoms with Crippen LogP contribution in [0.25, 0.3) is 0 Å². The molecule has 1 heterocycles. The van der Waals surface area contributed by atoms with Crippen molar-refractivity contribution < 1.29 is 8.42 Å². The van der Waals surface area contributed by atoms with Crippen LogP contribution in [0.1, 0.15) is 24.5 Å². The Hall–Kier alpha value is -1.59. The Morgan fingerprint density at radius 2 is 1.84 bits per heavy atom. The SMILES string of the molecule is CCCc1ccc(S(=O)(=O)NCc2cc[nH]c2)cc1. The van der Waals surface area contributed by atoms with Crippen LogP contribution in [0.5, 0.6) is 0 Å². The first-order valence-corrected chi connectivity index (χ1v) is 7.80. The van der Waals surface area contributed by atoms with Crippen molar-refractivity contribution in [2.75, 3.05) is 0 Å². The molecule has 2 N–H and O–H groups in total. The summed E-state index contributed by atoms with van der Waals surface area (Å²) in [6.45, 7) is 2.39. The molecule has 0 saturated carbocycles. The number of sulfonamides is 1. The first kappa shape index (κ1) is 13.8. The van der Waals surface area contributed by atoms with Gasteiger partial charge in [-0.25, -0.2) is 13.1 Å². The smallest absolute Gasteiger partial charge is 0.240 e. The normalized spacial score (nSPS) is 11.6. The third kappa shape index (κ3) is 3.68. The van der Waals surface area contributed by atoms with Crippen molar-refractivity contribution >= 4 is 10.0 Å². The van der Waals surface area contributed by atoms with Gasteiger partial charge in [0, 0.05) is 18.9 Å². The summed E-state index contributed by atoms with van der Waals surface area (Å²) in [6.07, 6.45) is 5.56. The van der Waals surface area contributed by atoms with E-state index in [0.717, 1.165) is 24.0 Å².